The van der Waals surface area contributed by atoms with Gasteiger partial charge in [-0.25, -0.2) is 0 Å². The molecule has 1 aliphatic heterocycles. The predicted octanol–water partition coefficient (Wildman–Crippen LogP) is 0.592. The summed E-state index contributed by atoms with van der Waals surface area (Å²) in [7, 11) is 0. The lowest BCUT2D eigenvalue weighted by Crippen LogP contribution is -2.53. The second-order valence-corrected chi connectivity index (χ2v) is 6.43. The van der Waals surface area contributed by atoms with Gasteiger partial charge in [0.15, 0.2) is 6.10 Å². The Morgan fingerprint density at radius 2 is 2.15 bits per heavy atom. The molecule has 0 bridgehead atoms. The number of nitrogens with one attached hydrogen (secondary N) is 1. The first-order valence-electron chi connectivity index (χ1n) is 8.49. The molecule has 0 aliphatic carbocycles. The zero-order chi connectivity index (χ0) is 18.7. The van der Waals surface area contributed by atoms with Gasteiger partial charge >= 0.3 is 0 Å². The van der Waals surface area contributed by atoms with E-state index in [0.717, 1.165) is 5.69 Å². The molecule has 0 radical (unpaired) electrons. The first-order valence-corrected chi connectivity index (χ1v) is 8.49. The summed E-state index contributed by atoms with van der Waals surface area (Å²) in [5.41, 5.74) is 2.45. The molecule has 8 heteroatoms. The number of aliphatic hydroxyl groups excluding tert-OH is 1. The molecule has 2 heterocycles. The highest BCUT2D eigenvalue weighted by Gasteiger charge is 2.31. The molecule has 1 fully saturated rings. The maximum atomic E-state index is 12.3. The summed E-state index contributed by atoms with van der Waals surface area (Å²) in [5, 5.41) is 21.3. The number of benzene rings is 1. The topological polar surface area (TPSA) is 111 Å². The maximum absolute atomic E-state index is 12.3. The Morgan fingerprint density at radius 3 is 2.85 bits per heavy atom. The number of carbonyl (C=O) groups excluding carboxylic acids is 1. The fraction of sp³-hybridized carbons (Fsp3) is 0.444. The van der Waals surface area contributed by atoms with Crippen LogP contribution in [0.1, 0.15) is 19.4 Å². The number of hydrogen-bond acceptors (Lipinski definition) is 7. The molecule has 1 amide bonds. The molecule has 2 N–H and O–H groups in total. The first kappa shape index (κ1) is 18.0. The molecule has 3 atom stereocenters. The fourth-order valence-electron chi connectivity index (χ4n) is 3.04. The molecular weight excluding hydrogens is 334 g/mol. The van der Waals surface area contributed by atoms with Gasteiger partial charge < -0.3 is 20.1 Å². The third-order valence-corrected chi connectivity index (χ3v) is 4.19. The molecule has 0 saturated carbocycles. The van der Waals surface area contributed by atoms with E-state index in [1.54, 1.807) is 25.4 Å². The largest absolute Gasteiger partial charge is 0.392 e. The van der Waals surface area contributed by atoms with Gasteiger partial charge in [0.05, 0.1) is 30.0 Å². The summed E-state index contributed by atoms with van der Waals surface area (Å²) in [6, 6.07) is 5.68. The van der Waals surface area contributed by atoms with Gasteiger partial charge in [0.1, 0.15) is 17.1 Å². The number of amides is 1. The minimum Gasteiger partial charge on any atom is -0.392 e. The van der Waals surface area contributed by atoms with Crippen molar-refractivity contribution in [1.29, 1.82) is 5.26 Å². The number of hydrogen-bond donors (Lipinski definition) is 2. The summed E-state index contributed by atoms with van der Waals surface area (Å²) >= 11 is 0. The number of nitriles is 1. The van der Waals surface area contributed by atoms with Crippen LogP contribution in [0.4, 0.5) is 5.69 Å². The first-order chi connectivity index (χ1) is 12.5. The zero-order valence-corrected chi connectivity index (χ0v) is 14.7. The number of anilines is 1. The van der Waals surface area contributed by atoms with Crippen LogP contribution >= 0.6 is 0 Å². The van der Waals surface area contributed by atoms with Crippen molar-refractivity contribution >= 4 is 22.6 Å². The van der Waals surface area contributed by atoms with E-state index < -0.39 is 12.2 Å². The van der Waals surface area contributed by atoms with Crippen LogP contribution < -0.4 is 10.2 Å². The van der Waals surface area contributed by atoms with Crippen LogP contribution in [0.3, 0.4) is 0 Å². The Kier molecular flexibility index (Phi) is 5.30. The molecule has 136 valence electrons. The molecule has 26 heavy (non-hydrogen) atoms. The van der Waals surface area contributed by atoms with Crippen LogP contribution in [0.25, 0.3) is 11.0 Å². The van der Waals surface area contributed by atoms with Crippen molar-refractivity contribution in [2.75, 3.05) is 24.5 Å². The fourth-order valence-corrected chi connectivity index (χ4v) is 3.04. The van der Waals surface area contributed by atoms with Gasteiger partial charge in [-0.15, -0.1) is 0 Å². The number of aliphatic hydroxyl groups is 1. The minimum absolute atomic E-state index is 0.159. The summed E-state index contributed by atoms with van der Waals surface area (Å²) in [6.45, 7) is 4.64. The van der Waals surface area contributed by atoms with Gasteiger partial charge in [0, 0.05) is 25.5 Å². The number of ether oxygens (including phenoxy) is 1. The molecule has 3 unspecified atom stereocenters. The highest BCUT2D eigenvalue weighted by Crippen LogP contribution is 2.28. The van der Waals surface area contributed by atoms with Crippen LogP contribution in [0.2, 0.25) is 0 Å². The number of aromatic nitrogens is 2. The Labute approximate surface area is 151 Å². The molecular formula is C18H21N5O3. The molecule has 1 aromatic carbocycles. The lowest BCUT2D eigenvalue weighted by atomic mass is 10.1. The second kappa shape index (κ2) is 7.64. The predicted molar refractivity (Wildman–Crippen MR) is 95.5 cm³/mol. The normalized spacial score (nSPS) is 21.2. The highest BCUT2D eigenvalue weighted by atomic mass is 16.5. The average Bonchev–Trinajstić information content (AvgIpc) is 2.64. The number of morpholine rings is 1. The molecule has 8 nitrogen and oxygen atoms in total. The molecule has 2 aromatic rings. The van der Waals surface area contributed by atoms with E-state index >= 15 is 0 Å². The van der Waals surface area contributed by atoms with Gasteiger partial charge in [-0.05, 0) is 26.0 Å². The van der Waals surface area contributed by atoms with Crippen molar-refractivity contribution in [3.63, 3.8) is 0 Å². The molecule has 3 rings (SSSR count). The zero-order valence-electron chi connectivity index (χ0n) is 14.7. The molecule has 1 saturated heterocycles. The quantitative estimate of drug-likeness (QED) is 0.826. The Balaban J connectivity index is 1.88. The van der Waals surface area contributed by atoms with Gasteiger partial charge in [-0.2, -0.15) is 5.26 Å². The standard InChI is InChI=1S/C18H21N5O3/c1-11(24)8-22-18(25)15-10-23(9-12(2)26-15)14-4-3-13(7-19)16-17(14)21-6-5-20-16/h3-6,11-12,15,24H,8-10H2,1-2H3,(H,22,25). The van der Waals surface area contributed by atoms with Crippen molar-refractivity contribution in [3.8, 4) is 6.07 Å². The van der Waals surface area contributed by atoms with Crippen molar-refractivity contribution < 1.29 is 14.6 Å². The van der Waals surface area contributed by atoms with E-state index in [2.05, 4.69) is 21.4 Å². The van der Waals surface area contributed by atoms with Crippen LogP contribution in [-0.2, 0) is 9.53 Å². The number of rotatable bonds is 4. The van der Waals surface area contributed by atoms with Crippen molar-refractivity contribution in [2.24, 2.45) is 0 Å². The second-order valence-electron chi connectivity index (χ2n) is 6.43. The summed E-state index contributed by atoms with van der Waals surface area (Å²) in [5.74, 6) is -0.258. The lowest BCUT2D eigenvalue weighted by molar-refractivity contribution is -0.137. The molecule has 0 spiro atoms. The van der Waals surface area contributed by atoms with Gasteiger partial charge in [-0.1, -0.05) is 0 Å². The van der Waals surface area contributed by atoms with Crippen molar-refractivity contribution in [1.82, 2.24) is 15.3 Å². The van der Waals surface area contributed by atoms with E-state index in [0.29, 0.717) is 29.7 Å². The summed E-state index contributed by atoms with van der Waals surface area (Å²) in [6.07, 6.45) is 1.72. The monoisotopic (exact) mass is 355 g/mol. The molecule has 1 aromatic heterocycles. The van der Waals surface area contributed by atoms with Crippen molar-refractivity contribution in [2.45, 2.75) is 32.2 Å². The highest BCUT2D eigenvalue weighted by molar-refractivity contribution is 5.92. The third kappa shape index (κ3) is 3.74. The van der Waals surface area contributed by atoms with Gasteiger partial charge in [-0.3, -0.25) is 14.8 Å². The van der Waals surface area contributed by atoms with E-state index in [-0.39, 0.29) is 18.6 Å². The molecule has 1 aliphatic rings. The number of fused-ring (bicyclic) bond motifs is 1. The lowest BCUT2D eigenvalue weighted by Gasteiger charge is -2.37. The maximum Gasteiger partial charge on any atom is 0.251 e. The SMILES string of the molecule is CC(O)CNC(=O)C1CN(c2ccc(C#N)c3nccnc23)CC(C)O1. The Morgan fingerprint density at radius 1 is 1.42 bits per heavy atom. The van der Waals surface area contributed by atoms with E-state index in [1.807, 2.05) is 17.9 Å². The van der Waals surface area contributed by atoms with Crippen LogP contribution in [0.15, 0.2) is 24.5 Å². The van der Waals surface area contributed by atoms with E-state index in [1.165, 1.54) is 0 Å². The number of carbonyl (C=O) groups is 1. The third-order valence-electron chi connectivity index (χ3n) is 4.19. The van der Waals surface area contributed by atoms with Crippen LogP contribution in [0.5, 0.6) is 0 Å². The Bertz CT molecular complexity index is 848. The smallest absolute Gasteiger partial charge is 0.251 e. The number of nitrogens with zero attached hydrogens (tertiary/aromatic N) is 4. The summed E-state index contributed by atoms with van der Waals surface area (Å²) < 4.78 is 5.77. The van der Waals surface area contributed by atoms with Crippen LogP contribution in [0, 0.1) is 11.3 Å². The summed E-state index contributed by atoms with van der Waals surface area (Å²) in [4.78, 5) is 23.0. The van der Waals surface area contributed by atoms with Gasteiger partial charge in [0.2, 0.25) is 0 Å². The minimum atomic E-state index is -0.653. The Hall–Kier alpha value is -2.76. The van der Waals surface area contributed by atoms with Gasteiger partial charge in [0.25, 0.3) is 5.91 Å². The average molecular weight is 355 g/mol. The van der Waals surface area contributed by atoms with Crippen molar-refractivity contribution in [3.05, 3.63) is 30.1 Å². The van der Waals surface area contributed by atoms with E-state index in [4.69, 9.17) is 4.74 Å². The van der Waals surface area contributed by atoms with E-state index in [9.17, 15) is 15.2 Å². The van der Waals surface area contributed by atoms with Crippen LogP contribution in [-0.4, -0.2) is 58.9 Å².